The van der Waals surface area contributed by atoms with E-state index in [4.69, 9.17) is 4.74 Å². The van der Waals surface area contributed by atoms with Crippen LogP contribution in [-0.2, 0) is 4.79 Å². The number of ether oxygens (including phenoxy) is 1. The molecule has 1 aromatic rings. The summed E-state index contributed by atoms with van der Waals surface area (Å²) in [6, 6.07) is 4.97. The highest BCUT2D eigenvalue weighted by Gasteiger charge is 2.00. The van der Waals surface area contributed by atoms with Crippen LogP contribution in [0.4, 0.5) is 0 Å². The molecule has 0 saturated carbocycles. The zero-order valence-corrected chi connectivity index (χ0v) is 8.15. The summed E-state index contributed by atoms with van der Waals surface area (Å²) in [5, 5.41) is 9.43. The second kappa shape index (κ2) is 4.46. The summed E-state index contributed by atoms with van der Waals surface area (Å²) in [5.41, 5.74) is 1.38. The smallest absolute Gasteiger partial charge is 0.160 e. The molecule has 0 saturated heterocycles. The van der Waals surface area contributed by atoms with Gasteiger partial charge in [0.15, 0.2) is 11.5 Å². The first kappa shape index (κ1) is 10.3. The van der Waals surface area contributed by atoms with Crippen molar-refractivity contribution in [1.82, 2.24) is 0 Å². The van der Waals surface area contributed by atoms with Gasteiger partial charge in [0.1, 0.15) is 6.29 Å². The maximum Gasteiger partial charge on any atom is 0.160 e. The monoisotopic (exact) mass is 192 g/mol. The molecule has 0 aliphatic carbocycles. The molecule has 0 amide bonds. The Hall–Kier alpha value is -1.77. The fourth-order valence-corrected chi connectivity index (χ4v) is 1.09. The minimum Gasteiger partial charge on any atom is -0.504 e. The van der Waals surface area contributed by atoms with Gasteiger partial charge in [0.2, 0.25) is 0 Å². The zero-order chi connectivity index (χ0) is 10.6. The molecule has 0 spiro atoms. The number of carbonyl (C=O) groups excluding carboxylic acids is 1. The molecule has 0 fully saturated rings. The maximum absolute atomic E-state index is 10.4. The first-order valence-electron chi connectivity index (χ1n) is 4.18. The summed E-state index contributed by atoms with van der Waals surface area (Å²) in [4.78, 5) is 10.4. The molecule has 1 rings (SSSR count). The van der Waals surface area contributed by atoms with E-state index in [-0.39, 0.29) is 5.75 Å². The van der Waals surface area contributed by atoms with Gasteiger partial charge in [-0.05, 0) is 36.3 Å². The van der Waals surface area contributed by atoms with Gasteiger partial charge in [-0.1, -0.05) is 6.07 Å². The molecule has 14 heavy (non-hydrogen) atoms. The van der Waals surface area contributed by atoms with Gasteiger partial charge in [-0.25, -0.2) is 0 Å². The van der Waals surface area contributed by atoms with Gasteiger partial charge in [-0.3, -0.25) is 4.79 Å². The van der Waals surface area contributed by atoms with E-state index in [1.807, 2.05) is 0 Å². The lowest BCUT2D eigenvalue weighted by molar-refractivity contribution is -0.104. The molecule has 0 aliphatic heterocycles. The van der Waals surface area contributed by atoms with Gasteiger partial charge in [-0.15, -0.1) is 0 Å². The first-order valence-corrected chi connectivity index (χ1v) is 4.18. The number of rotatable bonds is 3. The van der Waals surface area contributed by atoms with Gasteiger partial charge < -0.3 is 9.84 Å². The molecule has 3 nitrogen and oxygen atoms in total. The van der Waals surface area contributed by atoms with Crippen LogP contribution in [0.2, 0.25) is 0 Å². The van der Waals surface area contributed by atoms with Crippen LogP contribution in [0.15, 0.2) is 23.8 Å². The molecule has 1 aromatic carbocycles. The highest BCUT2D eigenvalue weighted by atomic mass is 16.5. The van der Waals surface area contributed by atoms with Gasteiger partial charge in [-0.2, -0.15) is 0 Å². The van der Waals surface area contributed by atoms with Crippen molar-refractivity contribution < 1.29 is 14.6 Å². The molecule has 1 N–H and O–H groups in total. The third kappa shape index (κ3) is 2.36. The standard InChI is InChI=1S/C11H12O3/c1-8(7-12)5-9-3-4-11(14-2)10(13)6-9/h3-7,13H,1-2H3/b8-5+. The number of benzene rings is 1. The van der Waals surface area contributed by atoms with E-state index >= 15 is 0 Å². The Morgan fingerprint density at radius 1 is 1.50 bits per heavy atom. The third-order valence-corrected chi connectivity index (χ3v) is 1.78. The van der Waals surface area contributed by atoms with Gasteiger partial charge in [0.05, 0.1) is 7.11 Å². The first-order chi connectivity index (χ1) is 6.67. The Labute approximate surface area is 82.6 Å². The third-order valence-electron chi connectivity index (χ3n) is 1.78. The van der Waals surface area contributed by atoms with E-state index in [1.54, 1.807) is 31.2 Å². The quantitative estimate of drug-likeness (QED) is 0.588. The van der Waals surface area contributed by atoms with Crippen LogP contribution in [0, 0.1) is 0 Å². The lowest BCUT2D eigenvalue weighted by Gasteiger charge is -2.03. The van der Waals surface area contributed by atoms with Gasteiger partial charge in [0.25, 0.3) is 0 Å². The number of hydrogen-bond donors (Lipinski definition) is 1. The van der Waals surface area contributed by atoms with Gasteiger partial charge in [0, 0.05) is 0 Å². The predicted molar refractivity (Wildman–Crippen MR) is 54.4 cm³/mol. The molecule has 3 heteroatoms. The van der Waals surface area contributed by atoms with Crippen molar-refractivity contribution >= 4 is 12.4 Å². The molecule has 0 unspecified atom stereocenters. The summed E-state index contributed by atoms with van der Waals surface area (Å²) in [5.74, 6) is 0.492. The van der Waals surface area contributed by atoms with Crippen molar-refractivity contribution in [2.24, 2.45) is 0 Å². The van der Waals surface area contributed by atoms with E-state index in [1.165, 1.54) is 7.11 Å². The van der Waals surface area contributed by atoms with Crippen molar-refractivity contribution in [3.05, 3.63) is 29.3 Å². The second-order valence-electron chi connectivity index (χ2n) is 2.94. The minimum atomic E-state index is 0.0694. The Morgan fingerprint density at radius 3 is 2.71 bits per heavy atom. The van der Waals surface area contributed by atoms with Crippen LogP contribution in [0.5, 0.6) is 11.5 Å². The van der Waals surface area contributed by atoms with Crippen LogP contribution >= 0.6 is 0 Å². The fourth-order valence-electron chi connectivity index (χ4n) is 1.09. The molecule has 0 bridgehead atoms. The summed E-state index contributed by atoms with van der Waals surface area (Å²) in [6.07, 6.45) is 2.45. The Kier molecular flexibility index (Phi) is 3.29. The molecule has 74 valence electrons. The molecule has 0 aliphatic rings. The van der Waals surface area contributed by atoms with Crippen LogP contribution in [0.3, 0.4) is 0 Å². The topological polar surface area (TPSA) is 46.5 Å². The van der Waals surface area contributed by atoms with Crippen LogP contribution in [0.25, 0.3) is 6.08 Å². The van der Waals surface area contributed by atoms with Crippen molar-refractivity contribution in [3.8, 4) is 11.5 Å². The van der Waals surface area contributed by atoms with Crippen LogP contribution < -0.4 is 4.74 Å². The van der Waals surface area contributed by atoms with E-state index in [0.717, 1.165) is 11.8 Å². The SMILES string of the molecule is COc1ccc(/C=C(\C)C=O)cc1O. The zero-order valence-electron chi connectivity index (χ0n) is 8.15. The number of hydrogen-bond acceptors (Lipinski definition) is 3. The highest BCUT2D eigenvalue weighted by Crippen LogP contribution is 2.26. The number of methoxy groups -OCH3 is 1. The fraction of sp³-hybridized carbons (Fsp3) is 0.182. The van der Waals surface area contributed by atoms with E-state index < -0.39 is 0 Å². The summed E-state index contributed by atoms with van der Waals surface area (Å²) < 4.78 is 4.89. The Bertz CT molecular complexity index is 367. The number of aromatic hydroxyl groups is 1. The Balaban J connectivity index is 3.03. The number of allylic oxidation sites excluding steroid dienone is 1. The van der Waals surface area contributed by atoms with E-state index in [9.17, 15) is 9.90 Å². The molecule has 0 heterocycles. The number of carbonyl (C=O) groups is 1. The molecule has 0 atom stereocenters. The molecule has 0 radical (unpaired) electrons. The molecule has 0 aromatic heterocycles. The number of phenols is 1. The normalized spacial score (nSPS) is 11.1. The second-order valence-corrected chi connectivity index (χ2v) is 2.94. The number of phenolic OH excluding ortho intramolecular Hbond substituents is 1. The van der Waals surface area contributed by atoms with Crippen molar-refractivity contribution in [3.63, 3.8) is 0 Å². The predicted octanol–water partition coefficient (Wildman–Crippen LogP) is 2.00. The summed E-state index contributed by atoms with van der Waals surface area (Å²) >= 11 is 0. The lowest BCUT2D eigenvalue weighted by Crippen LogP contribution is -1.84. The van der Waals surface area contributed by atoms with Crippen molar-refractivity contribution in [2.45, 2.75) is 6.92 Å². The summed E-state index contributed by atoms with van der Waals surface area (Å²) in [6.45, 7) is 1.70. The summed E-state index contributed by atoms with van der Waals surface area (Å²) in [7, 11) is 1.49. The van der Waals surface area contributed by atoms with Gasteiger partial charge >= 0.3 is 0 Å². The molecular formula is C11H12O3. The van der Waals surface area contributed by atoms with Crippen molar-refractivity contribution in [1.29, 1.82) is 0 Å². The van der Waals surface area contributed by atoms with Crippen LogP contribution in [-0.4, -0.2) is 18.5 Å². The molecular weight excluding hydrogens is 180 g/mol. The largest absolute Gasteiger partial charge is 0.504 e. The average molecular weight is 192 g/mol. The van der Waals surface area contributed by atoms with E-state index in [2.05, 4.69) is 0 Å². The number of aldehydes is 1. The van der Waals surface area contributed by atoms with Crippen LogP contribution in [0.1, 0.15) is 12.5 Å². The average Bonchev–Trinajstić information content (AvgIpc) is 2.18. The minimum absolute atomic E-state index is 0.0694. The van der Waals surface area contributed by atoms with E-state index in [0.29, 0.717) is 11.3 Å². The highest BCUT2D eigenvalue weighted by molar-refractivity contribution is 5.81. The van der Waals surface area contributed by atoms with Crippen molar-refractivity contribution in [2.75, 3.05) is 7.11 Å². The maximum atomic E-state index is 10.4. The Morgan fingerprint density at radius 2 is 2.21 bits per heavy atom. The lowest BCUT2D eigenvalue weighted by atomic mass is 10.1.